The van der Waals surface area contributed by atoms with Gasteiger partial charge in [0.1, 0.15) is 6.17 Å². The predicted octanol–water partition coefficient (Wildman–Crippen LogP) is 8.94. The van der Waals surface area contributed by atoms with E-state index in [4.69, 9.17) is 4.98 Å². The van der Waals surface area contributed by atoms with Crippen molar-refractivity contribution in [3.05, 3.63) is 149 Å². The van der Waals surface area contributed by atoms with Crippen molar-refractivity contribution >= 4 is 38.7 Å². The molecule has 0 amide bonds. The van der Waals surface area contributed by atoms with E-state index in [1.54, 1.807) is 0 Å². The minimum Gasteiger partial charge on any atom is -0.387 e. The van der Waals surface area contributed by atoms with E-state index in [1.165, 1.54) is 27.8 Å². The molecule has 5 heteroatoms. The molecule has 0 saturated heterocycles. The maximum absolute atomic E-state index is 4.94. The number of nitrogens with one attached hydrogen (secondary N) is 2. The van der Waals surface area contributed by atoms with Crippen molar-refractivity contribution in [2.45, 2.75) is 6.17 Å². The van der Waals surface area contributed by atoms with Crippen molar-refractivity contribution in [2.75, 3.05) is 16.8 Å². The second-order valence-electron chi connectivity index (χ2n) is 9.93. The molecule has 2 N–H and O–H groups in total. The second-order valence-corrected chi connectivity index (χ2v) is 10.8. The topological polar surface area (TPSA) is 40.2 Å². The summed E-state index contributed by atoms with van der Waals surface area (Å²) in [5.74, 6) is 0.916. The van der Waals surface area contributed by atoms with Gasteiger partial charge in [-0.2, -0.15) is 0 Å². The maximum Gasteiger partial charge on any atom is 0.159 e. The van der Waals surface area contributed by atoms with Crippen LogP contribution in [0.2, 0.25) is 0 Å². The number of rotatable bonds is 5. The molecule has 0 spiro atoms. The van der Waals surface area contributed by atoms with Gasteiger partial charge in [-0.15, -0.1) is 0 Å². The molecule has 5 aromatic rings. The minimum atomic E-state index is -0.140. The molecule has 4 aromatic carbocycles. The Hall–Kier alpha value is -4.61. The number of para-hydroxylation sites is 1. The lowest BCUT2D eigenvalue weighted by Crippen LogP contribution is -2.24. The molecular formula is C35H27BrN4. The number of allylic oxidation sites excluding steroid dienone is 2. The summed E-state index contributed by atoms with van der Waals surface area (Å²) in [5, 5.41) is 7.23. The lowest BCUT2D eigenvalue weighted by molar-refractivity contribution is 0.819. The first-order valence-electron chi connectivity index (χ1n) is 13.4. The molecule has 2 aliphatic heterocycles. The van der Waals surface area contributed by atoms with E-state index in [2.05, 4.69) is 153 Å². The van der Waals surface area contributed by atoms with Gasteiger partial charge in [-0.05, 0) is 82.1 Å². The molecule has 0 fully saturated rings. The van der Waals surface area contributed by atoms with Crippen molar-refractivity contribution in [3.63, 3.8) is 0 Å². The van der Waals surface area contributed by atoms with Gasteiger partial charge in [0.25, 0.3) is 0 Å². The highest BCUT2D eigenvalue weighted by Crippen LogP contribution is 2.50. The number of aromatic nitrogens is 1. The lowest BCUT2D eigenvalue weighted by Gasteiger charge is -2.27. The van der Waals surface area contributed by atoms with E-state index in [0.717, 1.165) is 39.3 Å². The van der Waals surface area contributed by atoms with Crippen LogP contribution >= 0.6 is 15.9 Å². The van der Waals surface area contributed by atoms with Gasteiger partial charge >= 0.3 is 0 Å². The zero-order valence-corrected chi connectivity index (χ0v) is 23.3. The van der Waals surface area contributed by atoms with Gasteiger partial charge in [-0.3, -0.25) is 4.90 Å². The van der Waals surface area contributed by atoms with Crippen LogP contribution in [-0.4, -0.2) is 11.5 Å². The second kappa shape index (κ2) is 10.5. The van der Waals surface area contributed by atoms with Crippen LogP contribution in [0, 0.1) is 0 Å². The average molecular weight is 584 g/mol. The van der Waals surface area contributed by atoms with Crippen molar-refractivity contribution in [1.29, 1.82) is 0 Å². The number of hydrogen-bond acceptors (Lipinski definition) is 4. The molecule has 194 valence electrons. The highest BCUT2D eigenvalue weighted by Gasteiger charge is 2.35. The Balaban J connectivity index is 1.39. The number of nitrogens with zero attached hydrogens (tertiary/aromatic N) is 2. The number of pyridine rings is 1. The van der Waals surface area contributed by atoms with Gasteiger partial charge in [-0.25, -0.2) is 4.98 Å². The zero-order chi connectivity index (χ0) is 26.9. The highest BCUT2D eigenvalue weighted by molar-refractivity contribution is 9.10. The van der Waals surface area contributed by atoms with Crippen LogP contribution in [0.3, 0.4) is 0 Å². The van der Waals surface area contributed by atoms with Crippen molar-refractivity contribution in [2.24, 2.45) is 0 Å². The quantitative estimate of drug-likeness (QED) is 0.217. The fourth-order valence-corrected chi connectivity index (χ4v) is 6.13. The zero-order valence-electron chi connectivity index (χ0n) is 21.8. The highest BCUT2D eigenvalue weighted by atomic mass is 79.9. The molecule has 7 rings (SSSR count). The summed E-state index contributed by atoms with van der Waals surface area (Å²) in [6.07, 6.45) is 8.00. The number of anilines is 3. The van der Waals surface area contributed by atoms with Crippen LogP contribution in [0.25, 0.3) is 27.8 Å². The molecular weight excluding hydrogens is 556 g/mol. The smallest absolute Gasteiger partial charge is 0.159 e. The molecule has 2 aliphatic rings. The summed E-state index contributed by atoms with van der Waals surface area (Å²) >= 11 is 3.80. The van der Waals surface area contributed by atoms with Crippen molar-refractivity contribution < 1.29 is 0 Å². The average Bonchev–Trinajstić information content (AvgIpc) is 3.42. The third-order valence-electron chi connectivity index (χ3n) is 7.45. The Bertz CT molecular complexity index is 1740. The molecule has 0 radical (unpaired) electrons. The van der Waals surface area contributed by atoms with E-state index in [1.807, 2.05) is 12.4 Å². The van der Waals surface area contributed by atoms with Crippen LogP contribution in [0.5, 0.6) is 0 Å². The fourth-order valence-electron chi connectivity index (χ4n) is 5.62. The minimum absolute atomic E-state index is 0.140. The van der Waals surface area contributed by atoms with Crippen LogP contribution in [-0.2, 0) is 0 Å². The molecule has 40 heavy (non-hydrogen) atoms. The van der Waals surface area contributed by atoms with Gasteiger partial charge in [0.15, 0.2) is 5.82 Å². The molecule has 3 heterocycles. The molecule has 1 unspecified atom stereocenters. The number of fused-ring (bicyclic) bond motifs is 1. The largest absolute Gasteiger partial charge is 0.387 e. The van der Waals surface area contributed by atoms with E-state index >= 15 is 0 Å². The van der Waals surface area contributed by atoms with E-state index in [0.29, 0.717) is 0 Å². The number of hydrogen-bond donors (Lipinski definition) is 2. The summed E-state index contributed by atoms with van der Waals surface area (Å²) in [6, 6.07) is 38.5. The summed E-state index contributed by atoms with van der Waals surface area (Å²) in [6.45, 7) is 0.801. The van der Waals surface area contributed by atoms with Crippen LogP contribution in [0.15, 0.2) is 138 Å². The first-order chi connectivity index (χ1) is 19.8. The van der Waals surface area contributed by atoms with Crippen molar-refractivity contribution in [3.8, 4) is 22.3 Å². The monoisotopic (exact) mass is 582 g/mol. The van der Waals surface area contributed by atoms with Gasteiger partial charge in [0, 0.05) is 28.5 Å². The third kappa shape index (κ3) is 4.48. The lowest BCUT2D eigenvalue weighted by atomic mass is 9.94. The SMILES string of the molecule is Brc1cc(C2=CC=CNC2)cc(C2Nc3c(-c4ccccc4-c4ccccc4)ccnc3N2c2ccccc2)c1. The standard InChI is InChI=1S/C35H27BrN4/c36-28-21-26(25-12-9-18-37-23-25)20-27(22-28)34-39-33-32(17-19-38-35(33)40(34)29-13-5-2-6-14-29)31-16-8-7-15-30(31)24-10-3-1-4-11-24/h1-22,34,37,39H,23H2. The maximum atomic E-state index is 4.94. The van der Waals surface area contributed by atoms with Crippen LogP contribution in [0.1, 0.15) is 17.3 Å². The summed E-state index contributed by atoms with van der Waals surface area (Å²) < 4.78 is 1.05. The number of halogens is 1. The molecule has 0 aliphatic carbocycles. The van der Waals surface area contributed by atoms with E-state index < -0.39 is 0 Å². The Morgan fingerprint density at radius 2 is 1.50 bits per heavy atom. The Labute approximate surface area is 242 Å². The molecule has 1 aromatic heterocycles. The van der Waals surface area contributed by atoms with Gasteiger partial charge in [0.05, 0.1) is 5.69 Å². The summed E-state index contributed by atoms with van der Waals surface area (Å²) in [5.41, 5.74) is 10.4. The summed E-state index contributed by atoms with van der Waals surface area (Å²) in [4.78, 5) is 7.25. The van der Waals surface area contributed by atoms with Crippen LogP contribution in [0.4, 0.5) is 17.2 Å². The molecule has 0 bridgehead atoms. The Morgan fingerprint density at radius 1 is 0.750 bits per heavy atom. The van der Waals surface area contributed by atoms with Crippen molar-refractivity contribution in [1.82, 2.24) is 10.3 Å². The Kier molecular flexibility index (Phi) is 6.42. The van der Waals surface area contributed by atoms with E-state index in [9.17, 15) is 0 Å². The molecule has 1 atom stereocenters. The van der Waals surface area contributed by atoms with Gasteiger partial charge in [0.2, 0.25) is 0 Å². The normalized spacial score (nSPS) is 15.7. The van der Waals surface area contributed by atoms with E-state index in [-0.39, 0.29) is 6.17 Å². The van der Waals surface area contributed by atoms with Crippen LogP contribution < -0.4 is 15.5 Å². The third-order valence-corrected chi connectivity index (χ3v) is 7.90. The number of benzene rings is 4. The summed E-state index contributed by atoms with van der Waals surface area (Å²) in [7, 11) is 0. The number of dihydropyridines is 1. The Morgan fingerprint density at radius 3 is 2.27 bits per heavy atom. The first-order valence-corrected chi connectivity index (χ1v) is 14.2. The fraction of sp³-hybridized carbons (Fsp3) is 0.0571. The van der Waals surface area contributed by atoms with Gasteiger partial charge in [-0.1, -0.05) is 94.8 Å². The molecule has 4 nitrogen and oxygen atoms in total. The molecule has 0 saturated carbocycles. The van der Waals surface area contributed by atoms with Gasteiger partial charge < -0.3 is 10.6 Å². The predicted molar refractivity (Wildman–Crippen MR) is 169 cm³/mol. The first kappa shape index (κ1) is 24.4.